The summed E-state index contributed by atoms with van der Waals surface area (Å²) in [5.41, 5.74) is 2.73. The molecule has 3 N–H and O–H groups in total. The fraction of sp³-hybridized carbons (Fsp3) is 0.300. The van der Waals surface area contributed by atoms with Crippen LogP contribution in [0.2, 0.25) is 0 Å². The Hall–Kier alpha value is -2.05. The van der Waals surface area contributed by atoms with E-state index in [0.717, 1.165) is 16.7 Å². The molecule has 6 heteroatoms. The zero-order valence-electron chi connectivity index (χ0n) is 14.3. The molecule has 0 aliphatic carbocycles. The van der Waals surface area contributed by atoms with Crippen LogP contribution in [0.25, 0.3) is 5.57 Å². The van der Waals surface area contributed by atoms with Gasteiger partial charge >= 0.3 is 0 Å². The van der Waals surface area contributed by atoms with Gasteiger partial charge in [0.05, 0.1) is 12.5 Å². The SMILES string of the molecule is C=C(c1ccc(OC[C@H](O)CO)cc1)c1ccc(OC[C@@H](O)CCl)cc1. The van der Waals surface area contributed by atoms with Crippen molar-refractivity contribution in [3.63, 3.8) is 0 Å². The molecule has 0 unspecified atom stereocenters. The second-order valence-corrected chi connectivity index (χ2v) is 6.10. The third kappa shape index (κ3) is 6.04. The molecule has 0 saturated carbocycles. The smallest absolute Gasteiger partial charge is 0.119 e. The van der Waals surface area contributed by atoms with Gasteiger partial charge in [-0.25, -0.2) is 0 Å². The second kappa shape index (κ2) is 10.2. The van der Waals surface area contributed by atoms with Gasteiger partial charge in [-0.2, -0.15) is 0 Å². The van der Waals surface area contributed by atoms with Crippen LogP contribution < -0.4 is 9.47 Å². The summed E-state index contributed by atoms with van der Waals surface area (Å²) in [6.07, 6.45) is -1.58. The van der Waals surface area contributed by atoms with E-state index in [1.165, 1.54) is 0 Å². The molecule has 0 heterocycles. The van der Waals surface area contributed by atoms with Crippen molar-refractivity contribution in [3.05, 3.63) is 66.2 Å². The van der Waals surface area contributed by atoms with Gasteiger partial charge in [0.15, 0.2) is 0 Å². The summed E-state index contributed by atoms with van der Waals surface area (Å²) in [6.45, 7) is 3.97. The molecular formula is C20H23ClO5. The molecule has 26 heavy (non-hydrogen) atoms. The Kier molecular flexibility index (Phi) is 7.94. The number of aliphatic hydroxyl groups is 3. The van der Waals surface area contributed by atoms with E-state index in [1.54, 1.807) is 12.1 Å². The highest BCUT2D eigenvalue weighted by atomic mass is 35.5. The maximum absolute atomic E-state index is 9.41. The minimum Gasteiger partial charge on any atom is -0.491 e. The Morgan fingerprint density at radius 3 is 1.65 bits per heavy atom. The summed E-state index contributed by atoms with van der Waals surface area (Å²) in [5.74, 6) is 1.39. The van der Waals surface area contributed by atoms with E-state index < -0.39 is 12.2 Å². The van der Waals surface area contributed by atoms with Crippen molar-refractivity contribution in [1.82, 2.24) is 0 Å². The van der Waals surface area contributed by atoms with Gasteiger partial charge in [-0.05, 0) is 41.0 Å². The van der Waals surface area contributed by atoms with Crippen LogP contribution in [-0.2, 0) is 0 Å². The molecule has 0 bridgehead atoms. The first-order valence-electron chi connectivity index (χ1n) is 8.21. The fourth-order valence-electron chi connectivity index (χ4n) is 2.15. The van der Waals surface area contributed by atoms with Crippen LogP contribution >= 0.6 is 11.6 Å². The molecule has 0 amide bonds. The van der Waals surface area contributed by atoms with Gasteiger partial charge in [0, 0.05) is 0 Å². The van der Waals surface area contributed by atoms with Crippen molar-refractivity contribution in [3.8, 4) is 11.5 Å². The topological polar surface area (TPSA) is 79.2 Å². The van der Waals surface area contributed by atoms with E-state index >= 15 is 0 Å². The van der Waals surface area contributed by atoms with E-state index in [4.69, 9.17) is 26.2 Å². The van der Waals surface area contributed by atoms with Crippen molar-refractivity contribution in [2.45, 2.75) is 12.2 Å². The molecule has 5 nitrogen and oxygen atoms in total. The Morgan fingerprint density at radius 2 is 1.27 bits per heavy atom. The fourth-order valence-corrected chi connectivity index (χ4v) is 2.24. The van der Waals surface area contributed by atoms with E-state index in [1.807, 2.05) is 36.4 Å². The Morgan fingerprint density at radius 1 is 0.846 bits per heavy atom. The average molecular weight is 379 g/mol. The highest BCUT2D eigenvalue weighted by Crippen LogP contribution is 2.25. The zero-order chi connectivity index (χ0) is 18.9. The Balaban J connectivity index is 1.95. The molecule has 2 rings (SSSR count). The van der Waals surface area contributed by atoms with Crippen molar-refractivity contribution in [1.29, 1.82) is 0 Å². The summed E-state index contributed by atoms with van der Waals surface area (Å²) < 4.78 is 10.8. The molecule has 0 saturated heterocycles. The first-order valence-corrected chi connectivity index (χ1v) is 8.75. The maximum Gasteiger partial charge on any atom is 0.119 e. The lowest BCUT2D eigenvalue weighted by Gasteiger charge is -2.12. The van der Waals surface area contributed by atoms with Gasteiger partial charge in [-0.1, -0.05) is 30.8 Å². The van der Waals surface area contributed by atoms with Crippen LogP contribution in [0.3, 0.4) is 0 Å². The molecule has 140 valence electrons. The standard InChI is InChI=1S/C20H23ClO5/c1-14(15-2-6-19(7-3-15)25-12-17(23)10-21)16-4-8-20(9-5-16)26-13-18(24)11-22/h2-9,17-18,22-24H,1,10-13H2/t17-,18+/m0/s1. The Labute approximate surface area is 158 Å². The molecule has 0 radical (unpaired) electrons. The summed E-state index contributed by atoms with van der Waals surface area (Å²) in [5, 5.41) is 27.5. The van der Waals surface area contributed by atoms with Gasteiger partial charge in [0.2, 0.25) is 0 Å². The normalized spacial score (nSPS) is 13.1. The lowest BCUT2D eigenvalue weighted by Crippen LogP contribution is -2.21. The lowest BCUT2D eigenvalue weighted by atomic mass is 9.99. The molecular weight excluding hydrogens is 356 g/mol. The number of benzene rings is 2. The van der Waals surface area contributed by atoms with Crippen LogP contribution in [0.5, 0.6) is 11.5 Å². The van der Waals surface area contributed by atoms with Crippen LogP contribution in [0.15, 0.2) is 55.1 Å². The molecule has 2 aromatic rings. The van der Waals surface area contributed by atoms with Crippen molar-refractivity contribution in [2.75, 3.05) is 25.7 Å². The molecule has 2 atom stereocenters. The molecule has 0 fully saturated rings. The monoisotopic (exact) mass is 378 g/mol. The number of halogens is 1. The first-order chi connectivity index (χ1) is 12.5. The number of ether oxygens (including phenoxy) is 2. The van der Waals surface area contributed by atoms with Crippen LogP contribution in [-0.4, -0.2) is 53.2 Å². The molecule has 2 aromatic carbocycles. The summed E-state index contributed by atoms with van der Waals surface area (Å²) >= 11 is 5.53. The maximum atomic E-state index is 9.41. The van der Waals surface area contributed by atoms with Crippen molar-refractivity contribution in [2.24, 2.45) is 0 Å². The summed E-state index contributed by atoms with van der Waals surface area (Å²) in [4.78, 5) is 0. The molecule has 0 aliphatic rings. The molecule has 0 spiro atoms. The van der Waals surface area contributed by atoms with E-state index in [-0.39, 0.29) is 25.7 Å². The Bertz CT molecular complexity index is 625. The molecule has 0 aliphatic heterocycles. The lowest BCUT2D eigenvalue weighted by molar-refractivity contribution is 0.0536. The largest absolute Gasteiger partial charge is 0.491 e. The van der Waals surface area contributed by atoms with Crippen molar-refractivity contribution >= 4 is 17.2 Å². The highest BCUT2D eigenvalue weighted by Gasteiger charge is 2.07. The van der Waals surface area contributed by atoms with Crippen LogP contribution in [0, 0.1) is 0 Å². The van der Waals surface area contributed by atoms with Gasteiger partial charge in [0.1, 0.15) is 36.9 Å². The predicted molar refractivity (Wildman–Crippen MR) is 102 cm³/mol. The van der Waals surface area contributed by atoms with Gasteiger partial charge in [-0.3, -0.25) is 0 Å². The number of hydrogen-bond acceptors (Lipinski definition) is 5. The van der Waals surface area contributed by atoms with Crippen molar-refractivity contribution < 1.29 is 24.8 Å². The first kappa shape index (κ1) is 20.3. The number of aliphatic hydroxyl groups excluding tert-OH is 3. The zero-order valence-corrected chi connectivity index (χ0v) is 15.1. The van der Waals surface area contributed by atoms with E-state index in [2.05, 4.69) is 6.58 Å². The summed E-state index contributed by atoms with van der Waals surface area (Å²) in [6, 6.07) is 14.8. The quantitative estimate of drug-likeness (QED) is 0.553. The predicted octanol–water partition coefficient (Wildman–Crippen LogP) is 2.46. The van der Waals surface area contributed by atoms with E-state index in [9.17, 15) is 10.2 Å². The summed E-state index contributed by atoms with van der Waals surface area (Å²) in [7, 11) is 0. The minimum absolute atomic E-state index is 0.0384. The van der Waals surface area contributed by atoms with E-state index in [0.29, 0.717) is 11.5 Å². The highest BCUT2D eigenvalue weighted by molar-refractivity contribution is 6.18. The minimum atomic E-state index is -0.893. The van der Waals surface area contributed by atoms with Gasteiger partial charge in [0.25, 0.3) is 0 Å². The van der Waals surface area contributed by atoms with Gasteiger partial charge < -0.3 is 24.8 Å². The van der Waals surface area contributed by atoms with Gasteiger partial charge in [-0.15, -0.1) is 11.6 Å². The number of rotatable bonds is 10. The van der Waals surface area contributed by atoms with Crippen LogP contribution in [0.4, 0.5) is 0 Å². The molecule has 0 aromatic heterocycles. The average Bonchev–Trinajstić information content (AvgIpc) is 2.70. The van der Waals surface area contributed by atoms with Crippen LogP contribution in [0.1, 0.15) is 11.1 Å². The third-order valence-electron chi connectivity index (χ3n) is 3.68. The number of alkyl halides is 1. The second-order valence-electron chi connectivity index (χ2n) is 5.79. The number of hydrogen-bond donors (Lipinski definition) is 3. The third-order valence-corrected chi connectivity index (χ3v) is 4.04.